The third-order valence-electron chi connectivity index (χ3n) is 2.06. The summed E-state index contributed by atoms with van der Waals surface area (Å²) in [7, 11) is 0. The van der Waals surface area contributed by atoms with Crippen molar-refractivity contribution in [1.29, 1.82) is 0 Å². The minimum atomic E-state index is -1.48. The number of benzene rings is 1. The van der Waals surface area contributed by atoms with Crippen LogP contribution in [0, 0.1) is 13.8 Å². The van der Waals surface area contributed by atoms with E-state index in [2.05, 4.69) is 0 Å². The molecule has 0 aliphatic heterocycles. The molecule has 0 spiro atoms. The smallest absolute Gasteiger partial charge is 0.342 e. The number of ether oxygens (including phenoxy) is 1. The van der Waals surface area contributed by atoms with E-state index < -0.39 is 18.7 Å². The molecule has 1 unspecified atom stereocenters. The first-order valence-corrected chi connectivity index (χ1v) is 4.63. The molecule has 0 fully saturated rings. The molecular weight excluding hydrogens is 196 g/mol. The van der Waals surface area contributed by atoms with E-state index >= 15 is 0 Å². The second-order valence-electron chi connectivity index (χ2n) is 3.34. The number of hydrogen-bond donors (Lipinski definition) is 2. The zero-order chi connectivity index (χ0) is 11.4. The summed E-state index contributed by atoms with van der Waals surface area (Å²) in [5.41, 5.74) is 1.63. The van der Waals surface area contributed by atoms with E-state index in [-0.39, 0.29) is 0 Å². The first-order valence-electron chi connectivity index (χ1n) is 4.63. The van der Waals surface area contributed by atoms with Gasteiger partial charge in [0, 0.05) is 0 Å². The lowest BCUT2D eigenvalue weighted by atomic mass is 10.1. The summed E-state index contributed by atoms with van der Waals surface area (Å²) < 4.78 is 4.98. The molecule has 1 atom stereocenters. The van der Waals surface area contributed by atoms with E-state index in [0.29, 0.717) is 5.75 Å². The number of carbonyl (C=O) groups is 1. The molecule has 0 aliphatic rings. The zero-order valence-electron chi connectivity index (χ0n) is 8.73. The Morgan fingerprint density at radius 3 is 2.40 bits per heavy atom. The van der Waals surface area contributed by atoms with E-state index in [1.54, 1.807) is 26.0 Å². The van der Waals surface area contributed by atoms with Crippen molar-refractivity contribution in [1.82, 2.24) is 0 Å². The Morgan fingerprint density at radius 2 is 1.93 bits per heavy atom. The number of hydrogen-bond acceptors (Lipinski definition) is 4. The van der Waals surface area contributed by atoms with Crippen molar-refractivity contribution >= 4 is 5.97 Å². The van der Waals surface area contributed by atoms with Gasteiger partial charge >= 0.3 is 5.97 Å². The SMILES string of the molecule is Cc1cccc(C)c1OC(=O)C(O)CO. The van der Waals surface area contributed by atoms with Gasteiger partial charge in [0.05, 0.1) is 6.61 Å². The van der Waals surface area contributed by atoms with E-state index in [0.717, 1.165) is 11.1 Å². The number of rotatable bonds is 3. The third-order valence-corrected chi connectivity index (χ3v) is 2.06. The third kappa shape index (κ3) is 2.78. The highest BCUT2D eigenvalue weighted by atomic mass is 16.6. The van der Waals surface area contributed by atoms with Gasteiger partial charge in [-0.15, -0.1) is 0 Å². The molecule has 15 heavy (non-hydrogen) atoms. The highest BCUT2D eigenvalue weighted by molar-refractivity contribution is 5.77. The molecule has 0 aliphatic carbocycles. The number of esters is 1. The average molecular weight is 210 g/mol. The highest BCUT2D eigenvalue weighted by Gasteiger charge is 2.17. The number of aryl methyl sites for hydroxylation is 2. The number of carbonyl (C=O) groups excluding carboxylic acids is 1. The highest BCUT2D eigenvalue weighted by Crippen LogP contribution is 2.22. The molecule has 1 aromatic carbocycles. The second-order valence-corrected chi connectivity index (χ2v) is 3.34. The lowest BCUT2D eigenvalue weighted by Gasteiger charge is -2.12. The van der Waals surface area contributed by atoms with Crippen LogP contribution in [-0.4, -0.2) is 28.9 Å². The fourth-order valence-electron chi connectivity index (χ4n) is 1.20. The van der Waals surface area contributed by atoms with Crippen LogP contribution in [0.1, 0.15) is 11.1 Å². The summed E-state index contributed by atoms with van der Waals surface area (Å²) in [4.78, 5) is 11.2. The molecule has 4 heteroatoms. The van der Waals surface area contributed by atoms with Crippen molar-refractivity contribution in [3.8, 4) is 5.75 Å². The van der Waals surface area contributed by atoms with Crippen LogP contribution in [0.4, 0.5) is 0 Å². The second kappa shape index (κ2) is 4.91. The van der Waals surface area contributed by atoms with Gasteiger partial charge in [0.1, 0.15) is 5.75 Å². The monoisotopic (exact) mass is 210 g/mol. The van der Waals surface area contributed by atoms with Gasteiger partial charge < -0.3 is 14.9 Å². The summed E-state index contributed by atoms with van der Waals surface area (Å²) in [5, 5.41) is 17.6. The van der Waals surface area contributed by atoms with E-state index in [4.69, 9.17) is 14.9 Å². The molecular formula is C11H14O4. The summed E-state index contributed by atoms with van der Waals surface area (Å²) in [5.74, 6) is -0.398. The fraction of sp³-hybridized carbons (Fsp3) is 0.364. The summed E-state index contributed by atoms with van der Waals surface area (Å²) in [6.07, 6.45) is -1.48. The average Bonchev–Trinajstić information content (AvgIpc) is 2.22. The normalized spacial score (nSPS) is 12.3. The Labute approximate surface area is 88.1 Å². The Morgan fingerprint density at radius 1 is 1.40 bits per heavy atom. The maximum atomic E-state index is 11.2. The van der Waals surface area contributed by atoms with Gasteiger partial charge in [0.15, 0.2) is 6.10 Å². The van der Waals surface area contributed by atoms with Gasteiger partial charge in [-0.1, -0.05) is 18.2 Å². The number of aliphatic hydroxyl groups is 2. The van der Waals surface area contributed by atoms with Crippen molar-refractivity contribution < 1.29 is 19.7 Å². The molecule has 1 aromatic rings. The fourth-order valence-corrected chi connectivity index (χ4v) is 1.20. The molecule has 0 saturated heterocycles. The van der Waals surface area contributed by atoms with Crippen LogP contribution in [0.15, 0.2) is 18.2 Å². The Bertz CT molecular complexity index is 339. The van der Waals surface area contributed by atoms with Crippen molar-refractivity contribution in [2.75, 3.05) is 6.61 Å². The molecule has 2 N–H and O–H groups in total. The Hall–Kier alpha value is -1.39. The molecule has 0 heterocycles. The minimum Gasteiger partial charge on any atom is -0.424 e. The van der Waals surface area contributed by atoms with Crippen LogP contribution in [0.25, 0.3) is 0 Å². The van der Waals surface area contributed by atoms with Gasteiger partial charge in [-0.05, 0) is 25.0 Å². The maximum absolute atomic E-state index is 11.2. The van der Waals surface area contributed by atoms with Crippen LogP contribution in [0.3, 0.4) is 0 Å². The van der Waals surface area contributed by atoms with Gasteiger partial charge in [-0.25, -0.2) is 4.79 Å². The van der Waals surface area contributed by atoms with Crippen molar-refractivity contribution in [3.63, 3.8) is 0 Å². The van der Waals surface area contributed by atoms with E-state index in [1.165, 1.54) is 0 Å². The minimum absolute atomic E-state index is 0.440. The molecule has 0 amide bonds. The first-order chi connectivity index (χ1) is 7.06. The van der Waals surface area contributed by atoms with E-state index in [9.17, 15) is 4.79 Å². The predicted molar refractivity (Wildman–Crippen MR) is 54.6 cm³/mol. The van der Waals surface area contributed by atoms with Crippen LogP contribution in [0.5, 0.6) is 5.75 Å². The predicted octanol–water partition coefficient (Wildman–Crippen LogP) is 0.562. The zero-order valence-corrected chi connectivity index (χ0v) is 8.73. The van der Waals surface area contributed by atoms with E-state index in [1.807, 2.05) is 6.07 Å². The summed E-state index contributed by atoms with van der Waals surface area (Å²) >= 11 is 0. The number of aliphatic hydroxyl groups excluding tert-OH is 2. The van der Waals surface area contributed by atoms with Crippen molar-refractivity contribution in [3.05, 3.63) is 29.3 Å². The molecule has 0 bridgehead atoms. The summed E-state index contributed by atoms with van der Waals surface area (Å²) in [6, 6.07) is 5.46. The van der Waals surface area contributed by atoms with Gasteiger partial charge in [0.2, 0.25) is 0 Å². The van der Waals surface area contributed by atoms with Gasteiger partial charge in [0.25, 0.3) is 0 Å². The quantitative estimate of drug-likeness (QED) is 0.565. The Kier molecular flexibility index (Phi) is 3.82. The number of para-hydroxylation sites is 1. The molecule has 0 aromatic heterocycles. The molecule has 0 saturated carbocycles. The lowest BCUT2D eigenvalue weighted by Crippen LogP contribution is -2.29. The largest absolute Gasteiger partial charge is 0.424 e. The standard InChI is InChI=1S/C11H14O4/c1-7-4-3-5-8(2)10(7)15-11(14)9(13)6-12/h3-5,9,12-13H,6H2,1-2H3. The Balaban J connectivity index is 2.85. The van der Waals surface area contributed by atoms with Crippen LogP contribution in [-0.2, 0) is 4.79 Å². The molecule has 4 nitrogen and oxygen atoms in total. The van der Waals surface area contributed by atoms with Crippen LogP contribution < -0.4 is 4.74 Å². The van der Waals surface area contributed by atoms with Crippen molar-refractivity contribution in [2.45, 2.75) is 20.0 Å². The summed E-state index contributed by atoms with van der Waals surface area (Å²) in [6.45, 7) is 2.98. The molecule has 0 radical (unpaired) electrons. The van der Waals surface area contributed by atoms with Gasteiger partial charge in [-0.3, -0.25) is 0 Å². The maximum Gasteiger partial charge on any atom is 0.342 e. The topological polar surface area (TPSA) is 66.8 Å². The first kappa shape index (κ1) is 11.7. The van der Waals surface area contributed by atoms with Gasteiger partial charge in [-0.2, -0.15) is 0 Å². The van der Waals surface area contributed by atoms with Crippen molar-refractivity contribution in [2.24, 2.45) is 0 Å². The van der Waals surface area contributed by atoms with Crippen LogP contribution in [0.2, 0.25) is 0 Å². The lowest BCUT2D eigenvalue weighted by molar-refractivity contribution is -0.145. The van der Waals surface area contributed by atoms with Crippen LogP contribution >= 0.6 is 0 Å². The molecule has 82 valence electrons. The molecule has 1 rings (SSSR count).